The number of carbonyl (C=O) groups is 2. The third kappa shape index (κ3) is 2.91. The van der Waals surface area contributed by atoms with E-state index in [1.165, 1.54) is 5.56 Å². The van der Waals surface area contributed by atoms with Crippen LogP contribution in [0.5, 0.6) is 0 Å². The molecule has 0 saturated heterocycles. The molecule has 1 unspecified atom stereocenters. The van der Waals surface area contributed by atoms with Crippen LogP contribution in [0.2, 0.25) is 5.02 Å². The van der Waals surface area contributed by atoms with E-state index in [1.807, 2.05) is 18.2 Å². The van der Waals surface area contributed by atoms with Crippen LogP contribution < -0.4 is 5.32 Å². The van der Waals surface area contributed by atoms with Crippen molar-refractivity contribution in [3.8, 4) is 0 Å². The van der Waals surface area contributed by atoms with Crippen molar-refractivity contribution in [2.45, 2.75) is 38.1 Å². The van der Waals surface area contributed by atoms with E-state index in [2.05, 4.69) is 5.32 Å². The third-order valence-corrected chi connectivity index (χ3v) is 4.89. The summed E-state index contributed by atoms with van der Waals surface area (Å²) in [4.78, 5) is 23.3. The summed E-state index contributed by atoms with van der Waals surface area (Å²) in [6, 6.07) is 5.82. The van der Waals surface area contributed by atoms with Gasteiger partial charge in [-0.1, -0.05) is 17.7 Å². The minimum Gasteiger partial charge on any atom is -0.481 e. The molecule has 3 rings (SSSR count). The molecule has 0 radical (unpaired) electrons. The van der Waals surface area contributed by atoms with E-state index in [4.69, 9.17) is 16.7 Å². The molecule has 1 saturated carbocycles. The Hall–Kier alpha value is -1.55. The van der Waals surface area contributed by atoms with Gasteiger partial charge in [0.15, 0.2) is 0 Å². The van der Waals surface area contributed by atoms with E-state index >= 15 is 0 Å². The predicted molar refractivity (Wildman–Crippen MR) is 79.1 cm³/mol. The summed E-state index contributed by atoms with van der Waals surface area (Å²) in [7, 11) is 0. The minimum atomic E-state index is -0.786. The van der Waals surface area contributed by atoms with E-state index in [1.54, 1.807) is 0 Å². The standard InChI is InChI=1S/C16H18ClNO3/c17-12-4-5-13-9(8-12)3-6-14(13)18-15(19)10-1-2-11(7-10)16(20)21/h4-5,8,10-11,14H,1-3,6-7H2,(H,18,19)(H,20,21)/t10-,11+,14?/m0/s1. The molecule has 0 spiro atoms. The summed E-state index contributed by atoms with van der Waals surface area (Å²) >= 11 is 5.98. The first-order valence-electron chi connectivity index (χ1n) is 7.36. The highest BCUT2D eigenvalue weighted by atomic mass is 35.5. The maximum Gasteiger partial charge on any atom is 0.306 e. The molecule has 3 atom stereocenters. The van der Waals surface area contributed by atoms with Crippen LogP contribution in [0, 0.1) is 11.8 Å². The number of carbonyl (C=O) groups excluding carboxylic acids is 1. The number of benzene rings is 1. The first-order chi connectivity index (χ1) is 10.0. The zero-order chi connectivity index (χ0) is 15.0. The van der Waals surface area contributed by atoms with Gasteiger partial charge in [-0.15, -0.1) is 0 Å². The second-order valence-electron chi connectivity index (χ2n) is 5.99. The van der Waals surface area contributed by atoms with Crippen LogP contribution in [0.1, 0.15) is 42.9 Å². The van der Waals surface area contributed by atoms with Gasteiger partial charge in [0.05, 0.1) is 12.0 Å². The number of nitrogens with one attached hydrogen (secondary N) is 1. The number of carboxylic acids is 1. The Bertz CT molecular complexity index is 587. The Morgan fingerprint density at radius 2 is 1.95 bits per heavy atom. The third-order valence-electron chi connectivity index (χ3n) is 4.65. The quantitative estimate of drug-likeness (QED) is 0.902. The molecule has 1 aromatic rings. The van der Waals surface area contributed by atoms with Gasteiger partial charge < -0.3 is 10.4 Å². The molecule has 2 N–H and O–H groups in total. The summed E-state index contributed by atoms with van der Waals surface area (Å²) in [5.74, 6) is -1.32. The fourth-order valence-electron chi connectivity index (χ4n) is 3.47. The van der Waals surface area contributed by atoms with Gasteiger partial charge >= 0.3 is 5.97 Å². The van der Waals surface area contributed by atoms with E-state index in [9.17, 15) is 9.59 Å². The number of hydrogen-bond acceptors (Lipinski definition) is 2. The SMILES string of the molecule is O=C(O)[C@@H]1CC[C@H](C(=O)NC2CCc3cc(Cl)ccc32)C1. The molecule has 112 valence electrons. The fourth-order valence-corrected chi connectivity index (χ4v) is 3.66. The van der Waals surface area contributed by atoms with E-state index in [0.29, 0.717) is 19.3 Å². The Balaban J connectivity index is 1.64. The molecule has 1 amide bonds. The van der Waals surface area contributed by atoms with Crippen LogP contribution >= 0.6 is 11.6 Å². The van der Waals surface area contributed by atoms with Crippen LogP contribution in [-0.2, 0) is 16.0 Å². The lowest BCUT2D eigenvalue weighted by molar-refractivity contribution is -0.141. The van der Waals surface area contributed by atoms with Gasteiger partial charge in [0, 0.05) is 10.9 Å². The maximum absolute atomic E-state index is 12.3. The number of amides is 1. The summed E-state index contributed by atoms with van der Waals surface area (Å²) in [6.45, 7) is 0. The maximum atomic E-state index is 12.3. The van der Waals surface area contributed by atoms with Crippen molar-refractivity contribution >= 4 is 23.5 Å². The zero-order valence-electron chi connectivity index (χ0n) is 11.6. The molecule has 4 nitrogen and oxygen atoms in total. The van der Waals surface area contributed by atoms with E-state index in [-0.39, 0.29) is 23.8 Å². The van der Waals surface area contributed by atoms with Gasteiger partial charge in [-0.25, -0.2) is 0 Å². The highest BCUT2D eigenvalue weighted by Crippen LogP contribution is 2.35. The second kappa shape index (κ2) is 5.68. The second-order valence-corrected chi connectivity index (χ2v) is 6.42. The topological polar surface area (TPSA) is 66.4 Å². The summed E-state index contributed by atoms with van der Waals surface area (Å²) < 4.78 is 0. The van der Waals surface area contributed by atoms with Gasteiger partial charge in [-0.3, -0.25) is 9.59 Å². The summed E-state index contributed by atoms with van der Waals surface area (Å²) in [6.07, 6.45) is 3.54. The van der Waals surface area contributed by atoms with Crippen LogP contribution in [0.25, 0.3) is 0 Å². The average molecular weight is 308 g/mol. The highest BCUT2D eigenvalue weighted by molar-refractivity contribution is 6.30. The van der Waals surface area contributed by atoms with E-state index < -0.39 is 5.97 Å². The molecular weight excluding hydrogens is 290 g/mol. The molecule has 0 bridgehead atoms. The van der Waals surface area contributed by atoms with Gasteiger partial charge in [0.1, 0.15) is 0 Å². The van der Waals surface area contributed by atoms with Gasteiger partial charge in [0.2, 0.25) is 5.91 Å². The smallest absolute Gasteiger partial charge is 0.306 e. The average Bonchev–Trinajstić information content (AvgIpc) is 3.06. The largest absolute Gasteiger partial charge is 0.481 e. The Kier molecular flexibility index (Phi) is 3.89. The molecule has 0 aromatic heterocycles. The molecule has 1 fully saturated rings. The number of halogens is 1. The molecule has 21 heavy (non-hydrogen) atoms. The molecule has 5 heteroatoms. The molecule has 0 heterocycles. The number of hydrogen-bond donors (Lipinski definition) is 2. The normalized spacial score (nSPS) is 27.4. The van der Waals surface area contributed by atoms with Crippen molar-refractivity contribution in [1.29, 1.82) is 0 Å². The van der Waals surface area contributed by atoms with E-state index in [0.717, 1.165) is 23.4 Å². The Morgan fingerprint density at radius 3 is 2.67 bits per heavy atom. The van der Waals surface area contributed by atoms with Gasteiger partial charge in [-0.05, 0) is 55.4 Å². The Labute approximate surface area is 128 Å². The number of fused-ring (bicyclic) bond motifs is 1. The van der Waals surface area contributed by atoms with Crippen LogP contribution in [0.3, 0.4) is 0 Å². The molecule has 2 aliphatic rings. The molecule has 1 aromatic carbocycles. The molecule has 2 aliphatic carbocycles. The summed E-state index contributed by atoms with van der Waals surface area (Å²) in [5.41, 5.74) is 2.34. The van der Waals surface area contributed by atoms with Crippen molar-refractivity contribution < 1.29 is 14.7 Å². The fraction of sp³-hybridized carbons (Fsp3) is 0.500. The van der Waals surface area contributed by atoms with Gasteiger partial charge in [-0.2, -0.15) is 0 Å². The minimum absolute atomic E-state index is 0.00782. The highest BCUT2D eigenvalue weighted by Gasteiger charge is 2.35. The van der Waals surface area contributed by atoms with Crippen LogP contribution in [0.15, 0.2) is 18.2 Å². The summed E-state index contributed by atoms with van der Waals surface area (Å²) in [5, 5.41) is 12.8. The predicted octanol–water partition coefficient (Wildman–Crippen LogP) is 2.94. The monoisotopic (exact) mass is 307 g/mol. The number of aliphatic carboxylic acids is 1. The lowest BCUT2D eigenvalue weighted by Gasteiger charge is -2.17. The van der Waals surface area contributed by atoms with Crippen LogP contribution in [0.4, 0.5) is 0 Å². The van der Waals surface area contributed by atoms with Gasteiger partial charge in [0.25, 0.3) is 0 Å². The lowest BCUT2D eigenvalue weighted by Crippen LogP contribution is -2.32. The van der Waals surface area contributed by atoms with Crippen molar-refractivity contribution in [3.05, 3.63) is 34.3 Å². The number of aryl methyl sites for hydroxylation is 1. The van der Waals surface area contributed by atoms with Crippen molar-refractivity contribution in [2.24, 2.45) is 11.8 Å². The first-order valence-corrected chi connectivity index (χ1v) is 7.74. The number of rotatable bonds is 3. The first kappa shape index (κ1) is 14.4. The molecule has 0 aliphatic heterocycles. The van der Waals surface area contributed by atoms with Crippen molar-refractivity contribution in [3.63, 3.8) is 0 Å². The van der Waals surface area contributed by atoms with Crippen molar-refractivity contribution in [1.82, 2.24) is 5.32 Å². The molecular formula is C16H18ClNO3. The Morgan fingerprint density at radius 1 is 1.19 bits per heavy atom. The lowest BCUT2D eigenvalue weighted by atomic mass is 10.0. The number of carboxylic acid groups (broad SMARTS) is 1. The zero-order valence-corrected chi connectivity index (χ0v) is 12.4. The van der Waals surface area contributed by atoms with Crippen LogP contribution in [-0.4, -0.2) is 17.0 Å². The van der Waals surface area contributed by atoms with Crippen molar-refractivity contribution in [2.75, 3.05) is 0 Å².